The summed E-state index contributed by atoms with van der Waals surface area (Å²) in [5, 5.41) is 0.696. The first-order valence-corrected chi connectivity index (χ1v) is 6.89. The molecular formula is C15H6Cl2N2O2. The maximum absolute atomic E-state index is 12.4. The van der Waals surface area contributed by atoms with E-state index in [1.807, 2.05) is 0 Å². The highest BCUT2D eigenvalue weighted by molar-refractivity contribution is 6.52. The Bertz CT molecular complexity index is 960. The fourth-order valence-electron chi connectivity index (χ4n) is 2.60. The van der Waals surface area contributed by atoms with Crippen molar-refractivity contribution < 1.29 is 9.59 Å². The number of hydrogen-bond acceptors (Lipinski definition) is 3. The molecule has 0 saturated carbocycles. The van der Waals surface area contributed by atoms with Gasteiger partial charge in [-0.05, 0) is 6.07 Å². The maximum Gasteiger partial charge on any atom is 0.252 e. The van der Waals surface area contributed by atoms with E-state index < -0.39 is 11.6 Å². The summed E-state index contributed by atoms with van der Waals surface area (Å²) in [5.74, 6) is -1.15. The molecule has 102 valence electrons. The molecule has 1 aromatic carbocycles. The second kappa shape index (κ2) is 4.16. The quantitative estimate of drug-likeness (QED) is 0.594. The van der Waals surface area contributed by atoms with E-state index in [9.17, 15) is 9.59 Å². The second-order valence-electron chi connectivity index (χ2n) is 4.71. The number of rotatable bonds is 0. The molecule has 0 saturated heterocycles. The van der Waals surface area contributed by atoms with Gasteiger partial charge in [-0.1, -0.05) is 47.5 Å². The lowest BCUT2D eigenvalue weighted by molar-refractivity contribution is 0.0812. The van der Waals surface area contributed by atoms with Gasteiger partial charge in [0.2, 0.25) is 5.78 Å². The van der Waals surface area contributed by atoms with Gasteiger partial charge >= 0.3 is 0 Å². The minimum absolute atomic E-state index is 0.207. The molecule has 4 nitrogen and oxygen atoms in total. The number of carbonyl (C=O) groups excluding carboxylic acids is 2. The van der Waals surface area contributed by atoms with Crippen molar-refractivity contribution in [3.05, 3.63) is 57.8 Å². The third-order valence-electron chi connectivity index (χ3n) is 3.49. The molecule has 2 aromatic heterocycles. The molecule has 0 aliphatic heterocycles. The van der Waals surface area contributed by atoms with Crippen LogP contribution in [-0.4, -0.2) is 21.0 Å². The van der Waals surface area contributed by atoms with E-state index in [-0.39, 0.29) is 5.69 Å². The Balaban J connectivity index is 2.20. The standard InChI is InChI=1S/C15H6Cl2N2O2/c16-7-5-10(17)15-18-11-8-3-1-2-4-9(8)13(20)14(21)12(11)19(15)6-7/h1-6H. The minimum atomic E-state index is -0.602. The summed E-state index contributed by atoms with van der Waals surface area (Å²) >= 11 is 12.1. The molecule has 0 N–H and O–H groups in total. The zero-order chi connectivity index (χ0) is 14.7. The molecule has 4 rings (SSSR count). The van der Waals surface area contributed by atoms with Crippen LogP contribution < -0.4 is 0 Å². The number of ketones is 2. The largest absolute Gasteiger partial charge is 0.293 e. The Morgan fingerprint density at radius 1 is 1.00 bits per heavy atom. The van der Waals surface area contributed by atoms with Crippen LogP contribution in [0.3, 0.4) is 0 Å². The predicted octanol–water partition coefficient (Wildman–Crippen LogP) is 3.69. The summed E-state index contributed by atoms with van der Waals surface area (Å²) in [6, 6.07) is 8.45. The van der Waals surface area contributed by atoms with Gasteiger partial charge < -0.3 is 0 Å². The van der Waals surface area contributed by atoms with Gasteiger partial charge in [-0.15, -0.1) is 0 Å². The van der Waals surface area contributed by atoms with Crippen LogP contribution in [0.5, 0.6) is 0 Å². The molecule has 3 aromatic rings. The van der Waals surface area contributed by atoms with Gasteiger partial charge in [0.05, 0.1) is 10.0 Å². The van der Waals surface area contributed by atoms with Crippen LogP contribution in [0.4, 0.5) is 0 Å². The molecule has 0 radical (unpaired) electrons. The normalized spacial score (nSPS) is 13.4. The summed E-state index contributed by atoms with van der Waals surface area (Å²) in [6.45, 7) is 0. The highest BCUT2D eigenvalue weighted by Gasteiger charge is 2.34. The van der Waals surface area contributed by atoms with Crippen LogP contribution >= 0.6 is 23.2 Å². The van der Waals surface area contributed by atoms with Crippen molar-refractivity contribution in [2.24, 2.45) is 0 Å². The average Bonchev–Trinajstić information content (AvgIpc) is 2.85. The molecule has 0 unspecified atom stereocenters. The lowest BCUT2D eigenvalue weighted by atomic mass is 9.90. The molecule has 1 aliphatic rings. The van der Waals surface area contributed by atoms with Crippen molar-refractivity contribution in [2.45, 2.75) is 0 Å². The first-order chi connectivity index (χ1) is 10.1. The van der Waals surface area contributed by atoms with Gasteiger partial charge in [0.1, 0.15) is 11.4 Å². The number of imidazole rings is 1. The van der Waals surface area contributed by atoms with Gasteiger partial charge in [0.15, 0.2) is 5.65 Å². The van der Waals surface area contributed by atoms with Crippen LogP contribution in [0.1, 0.15) is 20.8 Å². The minimum Gasteiger partial charge on any atom is -0.293 e. The zero-order valence-electron chi connectivity index (χ0n) is 10.4. The number of aromatic nitrogens is 2. The van der Waals surface area contributed by atoms with E-state index in [1.54, 1.807) is 30.3 Å². The van der Waals surface area contributed by atoms with Gasteiger partial charge in [0, 0.05) is 17.3 Å². The number of pyridine rings is 1. The third kappa shape index (κ3) is 1.60. The highest BCUT2D eigenvalue weighted by Crippen LogP contribution is 2.35. The Kier molecular flexibility index (Phi) is 2.49. The Hall–Kier alpha value is -2.17. The third-order valence-corrected chi connectivity index (χ3v) is 3.97. The van der Waals surface area contributed by atoms with Crippen LogP contribution in [0.25, 0.3) is 16.9 Å². The smallest absolute Gasteiger partial charge is 0.252 e. The van der Waals surface area contributed by atoms with E-state index in [0.717, 1.165) is 0 Å². The second-order valence-corrected chi connectivity index (χ2v) is 5.56. The number of Topliss-reactive ketones (excluding diaryl/α,β-unsaturated/α-hetero) is 2. The summed E-state index contributed by atoms with van der Waals surface area (Å²) in [6.07, 6.45) is 1.54. The molecule has 0 bridgehead atoms. The molecular weight excluding hydrogens is 311 g/mol. The van der Waals surface area contributed by atoms with Crippen molar-refractivity contribution >= 4 is 40.4 Å². The monoisotopic (exact) mass is 316 g/mol. The van der Waals surface area contributed by atoms with Crippen molar-refractivity contribution in [3.8, 4) is 11.3 Å². The number of halogens is 2. The van der Waals surface area contributed by atoms with Crippen LogP contribution in [0.2, 0.25) is 10.0 Å². The van der Waals surface area contributed by atoms with Gasteiger partial charge in [-0.2, -0.15) is 0 Å². The fraction of sp³-hybridized carbons (Fsp3) is 0. The molecule has 0 fully saturated rings. The highest BCUT2D eigenvalue weighted by atomic mass is 35.5. The summed E-state index contributed by atoms with van der Waals surface area (Å²) in [4.78, 5) is 29.0. The van der Waals surface area contributed by atoms with Crippen LogP contribution in [0, 0.1) is 0 Å². The van der Waals surface area contributed by atoms with Crippen LogP contribution in [0.15, 0.2) is 36.5 Å². The van der Waals surface area contributed by atoms with Gasteiger partial charge in [-0.25, -0.2) is 4.98 Å². The zero-order valence-corrected chi connectivity index (χ0v) is 11.9. The Morgan fingerprint density at radius 3 is 2.48 bits per heavy atom. The summed E-state index contributed by atoms with van der Waals surface area (Å²) in [7, 11) is 0. The van der Waals surface area contributed by atoms with Gasteiger partial charge in [-0.3, -0.25) is 14.0 Å². The maximum atomic E-state index is 12.4. The van der Waals surface area contributed by atoms with Gasteiger partial charge in [0.25, 0.3) is 5.78 Å². The first kappa shape index (κ1) is 12.6. The number of hydrogen-bond donors (Lipinski definition) is 0. The SMILES string of the molecule is O=C1C(=O)c2c(nc3c(Cl)cc(Cl)cn23)-c2ccccc21. The Morgan fingerprint density at radius 2 is 1.71 bits per heavy atom. The number of carbonyl (C=O) groups is 2. The molecule has 6 heteroatoms. The van der Waals surface area contributed by atoms with E-state index >= 15 is 0 Å². The number of benzene rings is 1. The molecule has 0 amide bonds. The van der Waals surface area contributed by atoms with Crippen molar-refractivity contribution in [2.75, 3.05) is 0 Å². The topological polar surface area (TPSA) is 51.4 Å². The Labute approximate surface area is 128 Å². The fourth-order valence-corrected chi connectivity index (χ4v) is 3.11. The molecule has 0 spiro atoms. The lowest BCUT2D eigenvalue weighted by Crippen LogP contribution is -2.22. The average molecular weight is 317 g/mol. The first-order valence-electron chi connectivity index (χ1n) is 6.13. The molecule has 1 aliphatic carbocycles. The van der Waals surface area contributed by atoms with E-state index in [0.29, 0.717) is 32.5 Å². The number of fused-ring (bicyclic) bond motifs is 5. The number of nitrogens with zero attached hydrogens (tertiary/aromatic N) is 2. The summed E-state index contributed by atoms with van der Waals surface area (Å²) < 4.78 is 1.48. The molecule has 0 atom stereocenters. The lowest BCUT2D eigenvalue weighted by Gasteiger charge is -2.13. The molecule has 21 heavy (non-hydrogen) atoms. The van der Waals surface area contributed by atoms with Crippen molar-refractivity contribution in [3.63, 3.8) is 0 Å². The predicted molar refractivity (Wildman–Crippen MR) is 79.3 cm³/mol. The van der Waals surface area contributed by atoms with Crippen LogP contribution in [-0.2, 0) is 0 Å². The van der Waals surface area contributed by atoms with E-state index in [4.69, 9.17) is 23.2 Å². The van der Waals surface area contributed by atoms with Crippen molar-refractivity contribution in [1.29, 1.82) is 0 Å². The van der Waals surface area contributed by atoms with Crippen molar-refractivity contribution in [1.82, 2.24) is 9.38 Å². The summed E-state index contributed by atoms with van der Waals surface area (Å²) in [5.41, 5.74) is 2.06. The van der Waals surface area contributed by atoms with E-state index in [1.165, 1.54) is 10.6 Å². The molecule has 2 heterocycles. The van der Waals surface area contributed by atoms with E-state index in [2.05, 4.69) is 4.98 Å².